The number of carbonyl (C=O) groups excluding carboxylic acids is 1. The Bertz CT molecular complexity index is 357. The molecule has 0 saturated heterocycles. The molecule has 1 amide bonds. The van der Waals surface area contributed by atoms with Crippen LogP contribution in [0.1, 0.15) is 19.4 Å². The fourth-order valence-corrected chi connectivity index (χ4v) is 1.70. The molecular weight excluding hydrogens is 256 g/mol. The van der Waals surface area contributed by atoms with E-state index in [1.54, 1.807) is 7.05 Å². The average Bonchev–Trinajstić information content (AvgIpc) is 2.17. The number of rotatable bonds is 2. The molecule has 0 spiro atoms. The highest BCUT2D eigenvalue weighted by Gasteiger charge is 2.31. The van der Waals surface area contributed by atoms with Gasteiger partial charge >= 0.3 is 0 Å². The molecule has 4 heteroatoms. The predicted octanol–water partition coefficient (Wildman–Crippen LogP) is 2.06. The standard InChI is InChI=1S/C11H15BrN2O/c1-11(2,10(15)14(3)13)8-4-6-9(12)7-5-8/h4-7H,13H2,1-3H3. The summed E-state index contributed by atoms with van der Waals surface area (Å²) in [6, 6.07) is 7.68. The van der Waals surface area contributed by atoms with Gasteiger partial charge in [0.1, 0.15) is 0 Å². The van der Waals surface area contributed by atoms with Gasteiger partial charge < -0.3 is 0 Å². The second kappa shape index (κ2) is 4.33. The molecule has 1 aromatic carbocycles. The molecular formula is C11H15BrN2O. The molecule has 15 heavy (non-hydrogen) atoms. The van der Waals surface area contributed by atoms with Gasteiger partial charge in [-0.15, -0.1) is 0 Å². The van der Waals surface area contributed by atoms with Gasteiger partial charge in [-0.3, -0.25) is 9.80 Å². The summed E-state index contributed by atoms with van der Waals surface area (Å²) in [5.41, 5.74) is 0.359. The number of hydrogen-bond donors (Lipinski definition) is 1. The van der Waals surface area contributed by atoms with Crippen molar-refractivity contribution < 1.29 is 4.79 Å². The van der Waals surface area contributed by atoms with Gasteiger partial charge in [0.15, 0.2) is 0 Å². The number of halogens is 1. The van der Waals surface area contributed by atoms with E-state index in [1.807, 2.05) is 38.1 Å². The van der Waals surface area contributed by atoms with Crippen LogP contribution < -0.4 is 5.84 Å². The minimum Gasteiger partial charge on any atom is -0.283 e. The molecule has 0 bridgehead atoms. The van der Waals surface area contributed by atoms with E-state index in [4.69, 9.17) is 5.84 Å². The van der Waals surface area contributed by atoms with Gasteiger partial charge in [0.2, 0.25) is 5.91 Å². The van der Waals surface area contributed by atoms with Gasteiger partial charge in [-0.05, 0) is 31.5 Å². The number of benzene rings is 1. The Kier molecular flexibility index (Phi) is 3.52. The van der Waals surface area contributed by atoms with Crippen molar-refractivity contribution in [2.75, 3.05) is 7.05 Å². The molecule has 0 radical (unpaired) electrons. The number of nitrogens with two attached hydrogens (primary N) is 1. The molecule has 1 aromatic rings. The van der Waals surface area contributed by atoms with Crippen LogP contribution >= 0.6 is 15.9 Å². The first kappa shape index (κ1) is 12.2. The second-order valence-electron chi connectivity index (χ2n) is 4.05. The highest BCUT2D eigenvalue weighted by atomic mass is 79.9. The summed E-state index contributed by atoms with van der Waals surface area (Å²) < 4.78 is 0.996. The Morgan fingerprint density at radius 2 is 1.80 bits per heavy atom. The molecule has 1 rings (SSSR count). The Labute approximate surface area is 98.4 Å². The number of amides is 1. The largest absolute Gasteiger partial charge is 0.283 e. The summed E-state index contributed by atoms with van der Waals surface area (Å²) in [5, 5.41) is 1.13. The minimum absolute atomic E-state index is 0.107. The Balaban J connectivity index is 3.05. The van der Waals surface area contributed by atoms with Gasteiger partial charge in [0.25, 0.3) is 0 Å². The first-order chi connectivity index (χ1) is 6.85. The topological polar surface area (TPSA) is 46.3 Å². The van der Waals surface area contributed by atoms with E-state index in [1.165, 1.54) is 0 Å². The van der Waals surface area contributed by atoms with Crippen LogP contribution in [-0.2, 0) is 10.2 Å². The lowest BCUT2D eigenvalue weighted by atomic mass is 9.83. The fraction of sp³-hybridized carbons (Fsp3) is 0.364. The maximum Gasteiger partial charge on any atom is 0.246 e. The van der Waals surface area contributed by atoms with Crippen LogP contribution in [0.25, 0.3) is 0 Å². The zero-order valence-electron chi connectivity index (χ0n) is 9.12. The lowest BCUT2D eigenvalue weighted by Gasteiger charge is -2.27. The van der Waals surface area contributed by atoms with E-state index in [0.29, 0.717) is 0 Å². The Morgan fingerprint density at radius 1 is 1.33 bits per heavy atom. The molecule has 0 atom stereocenters. The lowest BCUT2D eigenvalue weighted by Crippen LogP contribution is -2.44. The number of carbonyl (C=O) groups is 1. The predicted molar refractivity (Wildman–Crippen MR) is 64.1 cm³/mol. The summed E-state index contributed by atoms with van der Waals surface area (Å²) in [5.74, 6) is 5.36. The van der Waals surface area contributed by atoms with Gasteiger partial charge in [-0.1, -0.05) is 28.1 Å². The average molecular weight is 271 g/mol. The monoisotopic (exact) mass is 270 g/mol. The third-order valence-electron chi connectivity index (χ3n) is 2.42. The van der Waals surface area contributed by atoms with Gasteiger partial charge in [0.05, 0.1) is 5.41 Å². The van der Waals surface area contributed by atoms with Crippen molar-refractivity contribution in [2.45, 2.75) is 19.3 Å². The van der Waals surface area contributed by atoms with Crippen LogP contribution in [-0.4, -0.2) is 18.0 Å². The highest BCUT2D eigenvalue weighted by Crippen LogP contribution is 2.25. The molecule has 82 valence electrons. The van der Waals surface area contributed by atoms with Crippen LogP contribution in [0.2, 0.25) is 0 Å². The maximum absolute atomic E-state index is 11.8. The number of likely N-dealkylation sites (N-methyl/N-ethyl adjacent to an activating group) is 1. The molecule has 3 nitrogen and oxygen atoms in total. The number of hydrazine groups is 1. The summed E-state index contributed by atoms with van der Waals surface area (Å²) in [6.45, 7) is 3.73. The van der Waals surface area contributed by atoms with E-state index in [2.05, 4.69) is 15.9 Å². The van der Waals surface area contributed by atoms with Crippen molar-refractivity contribution in [1.82, 2.24) is 5.01 Å². The third kappa shape index (κ3) is 2.58. The van der Waals surface area contributed by atoms with Crippen molar-refractivity contribution >= 4 is 21.8 Å². The fourth-order valence-electron chi connectivity index (χ4n) is 1.43. The van der Waals surface area contributed by atoms with Gasteiger partial charge in [-0.2, -0.15) is 0 Å². The molecule has 2 N–H and O–H groups in total. The van der Waals surface area contributed by atoms with Crippen LogP contribution in [0.15, 0.2) is 28.7 Å². The molecule has 0 aromatic heterocycles. The normalized spacial score (nSPS) is 11.3. The molecule has 0 unspecified atom stereocenters. The van der Waals surface area contributed by atoms with E-state index in [9.17, 15) is 4.79 Å². The van der Waals surface area contributed by atoms with Crippen LogP contribution in [0.3, 0.4) is 0 Å². The van der Waals surface area contributed by atoms with Crippen molar-refractivity contribution in [1.29, 1.82) is 0 Å². The van der Waals surface area contributed by atoms with Crippen LogP contribution in [0.4, 0.5) is 0 Å². The van der Waals surface area contributed by atoms with E-state index >= 15 is 0 Å². The SMILES string of the molecule is CN(N)C(=O)C(C)(C)c1ccc(Br)cc1. The zero-order valence-corrected chi connectivity index (χ0v) is 10.7. The van der Waals surface area contributed by atoms with E-state index < -0.39 is 5.41 Å². The van der Waals surface area contributed by atoms with Gasteiger partial charge in [0, 0.05) is 11.5 Å². The summed E-state index contributed by atoms with van der Waals surface area (Å²) in [4.78, 5) is 11.8. The molecule has 0 aliphatic heterocycles. The molecule has 0 heterocycles. The number of hydrogen-bond acceptors (Lipinski definition) is 2. The molecule has 0 saturated carbocycles. The third-order valence-corrected chi connectivity index (χ3v) is 2.95. The minimum atomic E-state index is -0.593. The Hall–Kier alpha value is -0.870. The first-order valence-electron chi connectivity index (χ1n) is 4.64. The second-order valence-corrected chi connectivity index (χ2v) is 4.96. The quantitative estimate of drug-likeness (QED) is 0.508. The van der Waals surface area contributed by atoms with E-state index in [-0.39, 0.29) is 5.91 Å². The van der Waals surface area contributed by atoms with Crippen molar-refractivity contribution in [3.63, 3.8) is 0 Å². The number of nitrogens with zero attached hydrogens (tertiary/aromatic N) is 1. The zero-order chi connectivity index (χ0) is 11.6. The first-order valence-corrected chi connectivity index (χ1v) is 5.44. The highest BCUT2D eigenvalue weighted by molar-refractivity contribution is 9.10. The molecule has 0 aliphatic carbocycles. The molecule has 0 aliphatic rings. The Morgan fingerprint density at radius 3 is 2.20 bits per heavy atom. The lowest BCUT2D eigenvalue weighted by molar-refractivity contribution is -0.135. The summed E-state index contributed by atoms with van der Waals surface area (Å²) in [6.07, 6.45) is 0. The van der Waals surface area contributed by atoms with Crippen LogP contribution in [0.5, 0.6) is 0 Å². The van der Waals surface area contributed by atoms with Gasteiger partial charge in [-0.25, -0.2) is 5.84 Å². The summed E-state index contributed by atoms with van der Waals surface area (Å²) in [7, 11) is 1.56. The van der Waals surface area contributed by atoms with Crippen molar-refractivity contribution in [3.8, 4) is 0 Å². The molecule has 0 fully saturated rings. The van der Waals surface area contributed by atoms with E-state index in [0.717, 1.165) is 15.0 Å². The smallest absolute Gasteiger partial charge is 0.246 e. The van der Waals surface area contributed by atoms with Crippen molar-refractivity contribution in [3.05, 3.63) is 34.3 Å². The maximum atomic E-state index is 11.8. The van der Waals surface area contributed by atoms with Crippen LogP contribution in [0, 0.1) is 0 Å². The van der Waals surface area contributed by atoms with Crippen molar-refractivity contribution in [2.24, 2.45) is 5.84 Å². The summed E-state index contributed by atoms with van der Waals surface area (Å²) >= 11 is 3.36.